The molecule has 1 saturated heterocycles. The van der Waals surface area contributed by atoms with Crippen LogP contribution in [0, 0.1) is 5.92 Å². The summed E-state index contributed by atoms with van der Waals surface area (Å²) in [5, 5.41) is 2.61. The summed E-state index contributed by atoms with van der Waals surface area (Å²) in [6.07, 6.45) is -2.72. The molecule has 1 heterocycles. The number of nitrogens with one attached hydrogen (secondary N) is 3. The Bertz CT molecular complexity index is 837. The van der Waals surface area contributed by atoms with Gasteiger partial charge in [-0.15, -0.1) is 0 Å². The Hall–Kier alpha value is -2.38. The van der Waals surface area contributed by atoms with E-state index in [9.17, 15) is 18.0 Å². The Morgan fingerprint density at radius 1 is 1.08 bits per heavy atom. The molecule has 3 atom stereocenters. The Morgan fingerprint density at radius 2 is 1.88 bits per heavy atom. The highest BCUT2D eigenvalue weighted by molar-refractivity contribution is 5.95. The molecule has 136 valence electrons. The fraction of sp³-hybridized carbons (Fsp3) is 0.316. The molecule has 0 spiro atoms. The zero-order chi connectivity index (χ0) is 18.3. The predicted molar refractivity (Wildman–Crippen MR) is 91.1 cm³/mol. The summed E-state index contributed by atoms with van der Waals surface area (Å²) in [5.41, 5.74) is 8.00. The van der Waals surface area contributed by atoms with E-state index >= 15 is 0 Å². The molecule has 1 aliphatic carbocycles. The lowest BCUT2D eigenvalue weighted by Gasteiger charge is -2.29. The number of amides is 1. The number of rotatable bonds is 2. The number of carbonyl (C=O) groups excluding carboxylic acids is 1. The molecule has 1 aliphatic heterocycles. The number of benzene rings is 2. The van der Waals surface area contributed by atoms with Crippen LogP contribution in [0.3, 0.4) is 0 Å². The molecular formula is C19H18F3N3O. The monoisotopic (exact) mass is 361 g/mol. The van der Waals surface area contributed by atoms with Gasteiger partial charge in [0, 0.05) is 11.6 Å². The quantitative estimate of drug-likeness (QED) is 0.768. The van der Waals surface area contributed by atoms with Crippen LogP contribution >= 0.6 is 0 Å². The number of hydrogen-bond acceptors (Lipinski definition) is 3. The summed E-state index contributed by atoms with van der Waals surface area (Å²) in [6, 6.07) is 12.3. The minimum Gasteiger partial charge on any atom is -0.325 e. The largest absolute Gasteiger partial charge is 0.416 e. The molecule has 3 N–H and O–H groups in total. The van der Waals surface area contributed by atoms with E-state index in [2.05, 4.69) is 22.2 Å². The van der Waals surface area contributed by atoms with Crippen LogP contribution in [0.2, 0.25) is 0 Å². The van der Waals surface area contributed by atoms with Crippen molar-refractivity contribution >= 4 is 11.6 Å². The Morgan fingerprint density at radius 3 is 2.69 bits per heavy atom. The van der Waals surface area contributed by atoms with Gasteiger partial charge in [-0.3, -0.25) is 4.79 Å². The number of hydrazine groups is 1. The number of halogens is 3. The van der Waals surface area contributed by atoms with Crippen molar-refractivity contribution in [3.05, 3.63) is 65.2 Å². The maximum absolute atomic E-state index is 12.8. The first-order valence-electron chi connectivity index (χ1n) is 8.50. The van der Waals surface area contributed by atoms with Gasteiger partial charge < -0.3 is 5.32 Å². The first-order chi connectivity index (χ1) is 12.4. The summed E-state index contributed by atoms with van der Waals surface area (Å²) in [5.74, 6) is -0.278. The second-order valence-electron chi connectivity index (χ2n) is 6.71. The van der Waals surface area contributed by atoms with E-state index in [-0.39, 0.29) is 23.6 Å². The van der Waals surface area contributed by atoms with E-state index < -0.39 is 17.8 Å². The lowest BCUT2D eigenvalue weighted by atomic mass is 9.77. The number of fused-ring (bicyclic) bond motifs is 3. The highest BCUT2D eigenvalue weighted by Gasteiger charge is 2.43. The van der Waals surface area contributed by atoms with Crippen molar-refractivity contribution in [2.75, 3.05) is 5.32 Å². The molecule has 0 aromatic heterocycles. The first-order valence-corrected chi connectivity index (χ1v) is 8.50. The summed E-state index contributed by atoms with van der Waals surface area (Å²) >= 11 is 0. The molecule has 0 radical (unpaired) electrons. The van der Waals surface area contributed by atoms with E-state index in [0.717, 1.165) is 25.0 Å². The minimum atomic E-state index is -4.44. The van der Waals surface area contributed by atoms with Crippen molar-refractivity contribution in [3.63, 3.8) is 0 Å². The van der Waals surface area contributed by atoms with E-state index in [1.807, 2.05) is 18.2 Å². The zero-order valence-electron chi connectivity index (χ0n) is 13.8. The number of anilines is 1. The Labute approximate surface area is 148 Å². The van der Waals surface area contributed by atoms with Gasteiger partial charge in [-0.2, -0.15) is 13.2 Å². The molecule has 1 fully saturated rings. The van der Waals surface area contributed by atoms with Crippen molar-refractivity contribution in [2.45, 2.75) is 31.1 Å². The third kappa shape index (κ3) is 3.08. The third-order valence-electron chi connectivity index (χ3n) is 5.13. The second-order valence-corrected chi connectivity index (χ2v) is 6.71. The highest BCUT2D eigenvalue weighted by atomic mass is 19.4. The standard InChI is InChI=1S/C19H18F3N3O/c20-19(21,22)12-5-3-6-13(10-12)23-18(26)17-15-9-8-11-4-1-2-7-14(11)16(15)24-25-17/h1-7,10,15-17,24-25H,8-9H2,(H,23,26). The van der Waals surface area contributed by atoms with Gasteiger partial charge in [0.1, 0.15) is 6.04 Å². The third-order valence-corrected chi connectivity index (χ3v) is 5.13. The molecule has 7 heteroatoms. The predicted octanol–water partition coefficient (Wildman–Crippen LogP) is 3.42. The van der Waals surface area contributed by atoms with Crippen molar-refractivity contribution in [1.82, 2.24) is 10.9 Å². The van der Waals surface area contributed by atoms with Crippen LogP contribution in [0.5, 0.6) is 0 Å². The van der Waals surface area contributed by atoms with Crippen LogP contribution in [-0.2, 0) is 17.4 Å². The van der Waals surface area contributed by atoms with Gasteiger partial charge in [0.2, 0.25) is 5.91 Å². The van der Waals surface area contributed by atoms with E-state index in [1.54, 1.807) is 0 Å². The number of aryl methyl sites for hydroxylation is 1. The highest BCUT2D eigenvalue weighted by Crippen LogP contribution is 2.39. The van der Waals surface area contributed by atoms with Gasteiger partial charge in [-0.25, -0.2) is 10.9 Å². The maximum atomic E-state index is 12.8. The summed E-state index contributed by atoms with van der Waals surface area (Å²) in [7, 11) is 0. The van der Waals surface area contributed by atoms with Crippen LogP contribution in [-0.4, -0.2) is 11.9 Å². The molecule has 4 nitrogen and oxygen atoms in total. The molecule has 2 aliphatic rings. The molecule has 2 aromatic carbocycles. The molecule has 1 amide bonds. The summed E-state index contributed by atoms with van der Waals surface area (Å²) in [6.45, 7) is 0. The smallest absolute Gasteiger partial charge is 0.325 e. The summed E-state index contributed by atoms with van der Waals surface area (Å²) in [4.78, 5) is 12.6. The molecule has 0 bridgehead atoms. The normalized spacial score (nSPS) is 24.7. The fourth-order valence-corrected chi connectivity index (χ4v) is 3.87. The van der Waals surface area contributed by atoms with E-state index in [4.69, 9.17) is 0 Å². The van der Waals surface area contributed by atoms with Gasteiger partial charge >= 0.3 is 6.18 Å². The minimum absolute atomic E-state index is 0.0252. The van der Waals surface area contributed by atoms with Crippen LogP contribution in [0.15, 0.2) is 48.5 Å². The van der Waals surface area contributed by atoms with Gasteiger partial charge in [0.25, 0.3) is 0 Å². The molecule has 0 saturated carbocycles. The molecule has 4 rings (SSSR count). The van der Waals surface area contributed by atoms with Gasteiger partial charge in [0.15, 0.2) is 0 Å². The molecule has 3 unspecified atom stereocenters. The van der Waals surface area contributed by atoms with Crippen molar-refractivity contribution < 1.29 is 18.0 Å². The van der Waals surface area contributed by atoms with Crippen LogP contribution < -0.4 is 16.2 Å². The van der Waals surface area contributed by atoms with Crippen molar-refractivity contribution in [2.24, 2.45) is 5.92 Å². The van der Waals surface area contributed by atoms with Crippen LogP contribution in [0.1, 0.15) is 29.2 Å². The summed E-state index contributed by atoms with van der Waals surface area (Å²) < 4.78 is 38.5. The number of hydrogen-bond donors (Lipinski definition) is 3. The zero-order valence-corrected chi connectivity index (χ0v) is 13.8. The van der Waals surface area contributed by atoms with Crippen LogP contribution in [0.4, 0.5) is 18.9 Å². The first kappa shape index (κ1) is 17.1. The fourth-order valence-electron chi connectivity index (χ4n) is 3.87. The van der Waals surface area contributed by atoms with Gasteiger partial charge in [-0.05, 0) is 42.2 Å². The van der Waals surface area contributed by atoms with Crippen molar-refractivity contribution in [3.8, 4) is 0 Å². The Balaban J connectivity index is 1.50. The van der Waals surface area contributed by atoms with Crippen molar-refractivity contribution in [1.29, 1.82) is 0 Å². The molecule has 26 heavy (non-hydrogen) atoms. The van der Waals surface area contributed by atoms with E-state index in [1.165, 1.54) is 23.3 Å². The SMILES string of the molecule is O=C(Nc1cccc(C(F)(F)F)c1)C1NNC2c3ccccc3CCC12. The average molecular weight is 361 g/mol. The molecular weight excluding hydrogens is 343 g/mol. The number of carbonyl (C=O) groups is 1. The Kier molecular flexibility index (Phi) is 4.20. The molecule has 2 aromatic rings. The lowest BCUT2D eigenvalue weighted by molar-refractivity contribution is -0.137. The average Bonchev–Trinajstić information content (AvgIpc) is 3.06. The lowest BCUT2D eigenvalue weighted by Crippen LogP contribution is -2.42. The number of alkyl halides is 3. The topological polar surface area (TPSA) is 53.2 Å². The maximum Gasteiger partial charge on any atom is 0.416 e. The van der Waals surface area contributed by atoms with E-state index in [0.29, 0.717) is 0 Å². The van der Waals surface area contributed by atoms with Gasteiger partial charge in [0.05, 0.1) is 11.6 Å². The van der Waals surface area contributed by atoms with Crippen LogP contribution in [0.25, 0.3) is 0 Å². The van der Waals surface area contributed by atoms with Gasteiger partial charge in [-0.1, -0.05) is 30.3 Å². The second kappa shape index (κ2) is 6.41.